The van der Waals surface area contributed by atoms with Gasteiger partial charge in [0.15, 0.2) is 0 Å². The van der Waals surface area contributed by atoms with Gasteiger partial charge in [-0.25, -0.2) is 4.98 Å². The van der Waals surface area contributed by atoms with Gasteiger partial charge in [-0.2, -0.15) is 0 Å². The first kappa shape index (κ1) is 16.2. The summed E-state index contributed by atoms with van der Waals surface area (Å²) >= 11 is 0. The lowest BCUT2D eigenvalue weighted by Gasteiger charge is -2.28. The first-order chi connectivity index (χ1) is 12.2. The first-order valence-corrected chi connectivity index (χ1v) is 8.98. The molecule has 3 aromatic rings. The van der Waals surface area contributed by atoms with E-state index >= 15 is 0 Å². The first-order valence-electron chi connectivity index (χ1n) is 8.98. The summed E-state index contributed by atoms with van der Waals surface area (Å²) in [6.45, 7) is 3.15. The van der Waals surface area contributed by atoms with E-state index in [0.29, 0.717) is 5.92 Å². The lowest BCUT2D eigenvalue weighted by Crippen LogP contribution is -2.30. The minimum Gasteiger partial charge on any atom is -0.496 e. The van der Waals surface area contributed by atoms with Crippen molar-refractivity contribution in [2.24, 2.45) is 5.92 Å². The van der Waals surface area contributed by atoms with E-state index in [1.165, 1.54) is 28.6 Å². The molecule has 4 rings (SSSR count). The molecular formula is C21H25N3O. The molecule has 4 heteroatoms. The van der Waals surface area contributed by atoms with Crippen molar-refractivity contribution in [1.29, 1.82) is 0 Å². The highest BCUT2D eigenvalue weighted by Crippen LogP contribution is 2.29. The van der Waals surface area contributed by atoms with Crippen molar-refractivity contribution in [3.05, 3.63) is 60.2 Å². The molecule has 0 radical (unpaired) electrons. The number of aromatic nitrogens is 2. The Morgan fingerprint density at radius 3 is 2.88 bits per heavy atom. The van der Waals surface area contributed by atoms with E-state index in [9.17, 15) is 0 Å². The van der Waals surface area contributed by atoms with E-state index < -0.39 is 0 Å². The van der Waals surface area contributed by atoms with Crippen LogP contribution >= 0.6 is 0 Å². The number of fused-ring (bicyclic) bond motifs is 2. The summed E-state index contributed by atoms with van der Waals surface area (Å²) in [5, 5.41) is 2.48. The molecule has 0 aliphatic carbocycles. The van der Waals surface area contributed by atoms with Crippen molar-refractivity contribution in [1.82, 2.24) is 14.5 Å². The minimum absolute atomic E-state index is 0.685. The maximum atomic E-state index is 5.51. The standard InChI is InChI=1S/C21H25N3O/c1-23(14-16-9-11-24-12-10-22-21(24)13-16)15-17-7-8-20(25-2)19-6-4-3-5-18(17)19/h3-8,10,12,16H,9,11,13-15H2,1-2H3. The molecule has 130 valence electrons. The van der Waals surface area contributed by atoms with Crippen LogP contribution in [0.2, 0.25) is 0 Å². The Labute approximate surface area is 149 Å². The summed E-state index contributed by atoms with van der Waals surface area (Å²) in [6, 6.07) is 12.8. The molecule has 1 unspecified atom stereocenters. The minimum atomic E-state index is 0.685. The van der Waals surface area contributed by atoms with Crippen LogP contribution in [0.4, 0.5) is 0 Å². The van der Waals surface area contributed by atoms with Crippen LogP contribution in [-0.4, -0.2) is 35.2 Å². The molecule has 4 nitrogen and oxygen atoms in total. The fourth-order valence-electron chi connectivity index (χ4n) is 4.02. The fourth-order valence-corrected chi connectivity index (χ4v) is 4.02. The molecule has 1 atom stereocenters. The van der Waals surface area contributed by atoms with Crippen molar-refractivity contribution in [3.8, 4) is 5.75 Å². The Morgan fingerprint density at radius 2 is 2.04 bits per heavy atom. The number of ether oxygens (including phenoxy) is 1. The maximum absolute atomic E-state index is 5.51. The number of benzene rings is 2. The Kier molecular flexibility index (Phi) is 4.45. The van der Waals surface area contributed by atoms with Gasteiger partial charge >= 0.3 is 0 Å². The van der Waals surface area contributed by atoms with Crippen LogP contribution in [0.5, 0.6) is 5.75 Å². The summed E-state index contributed by atoms with van der Waals surface area (Å²) in [7, 11) is 3.96. The number of hydrogen-bond acceptors (Lipinski definition) is 3. The second kappa shape index (κ2) is 6.89. The van der Waals surface area contributed by atoms with Gasteiger partial charge in [-0.3, -0.25) is 0 Å². The zero-order valence-corrected chi connectivity index (χ0v) is 15.0. The average Bonchev–Trinajstić information content (AvgIpc) is 3.10. The molecule has 0 amide bonds. The third-order valence-corrected chi connectivity index (χ3v) is 5.26. The third kappa shape index (κ3) is 3.27. The molecule has 0 saturated heterocycles. The number of hydrogen-bond donors (Lipinski definition) is 0. The van der Waals surface area contributed by atoms with Crippen molar-refractivity contribution < 1.29 is 4.74 Å². The smallest absolute Gasteiger partial charge is 0.126 e. The molecule has 0 spiro atoms. The number of aryl methyl sites for hydroxylation is 1. The van der Waals surface area contributed by atoms with E-state index in [4.69, 9.17) is 4.74 Å². The van der Waals surface area contributed by atoms with E-state index in [-0.39, 0.29) is 0 Å². The molecule has 25 heavy (non-hydrogen) atoms. The van der Waals surface area contributed by atoms with Gasteiger partial charge in [-0.15, -0.1) is 0 Å². The van der Waals surface area contributed by atoms with Crippen LogP contribution in [0.3, 0.4) is 0 Å². The van der Waals surface area contributed by atoms with Gasteiger partial charge in [-0.1, -0.05) is 30.3 Å². The van der Waals surface area contributed by atoms with Gasteiger partial charge in [0.1, 0.15) is 11.6 Å². The molecule has 0 N–H and O–H groups in total. The highest BCUT2D eigenvalue weighted by Gasteiger charge is 2.20. The highest BCUT2D eigenvalue weighted by atomic mass is 16.5. The Balaban J connectivity index is 1.48. The van der Waals surface area contributed by atoms with Crippen LogP contribution < -0.4 is 4.74 Å². The molecule has 2 heterocycles. The Bertz CT molecular complexity index is 870. The van der Waals surface area contributed by atoms with E-state index in [0.717, 1.165) is 31.8 Å². The molecule has 1 aliphatic rings. The van der Waals surface area contributed by atoms with Crippen molar-refractivity contribution in [2.75, 3.05) is 20.7 Å². The van der Waals surface area contributed by atoms with Crippen molar-refractivity contribution in [2.45, 2.75) is 25.9 Å². The van der Waals surface area contributed by atoms with Crippen LogP contribution in [-0.2, 0) is 19.5 Å². The predicted octanol–water partition coefficient (Wildman–Crippen LogP) is 3.74. The van der Waals surface area contributed by atoms with Crippen molar-refractivity contribution in [3.63, 3.8) is 0 Å². The number of methoxy groups -OCH3 is 1. The quantitative estimate of drug-likeness (QED) is 0.711. The topological polar surface area (TPSA) is 30.3 Å². The number of nitrogens with zero attached hydrogens (tertiary/aromatic N) is 3. The fraction of sp³-hybridized carbons (Fsp3) is 0.381. The zero-order chi connectivity index (χ0) is 17.2. The van der Waals surface area contributed by atoms with Crippen LogP contribution in [0.1, 0.15) is 17.8 Å². The van der Waals surface area contributed by atoms with E-state index in [1.54, 1.807) is 7.11 Å². The van der Waals surface area contributed by atoms with Gasteiger partial charge in [0.05, 0.1) is 7.11 Å². The van der Waals surface area contributed by atoms with Crippen LogP contribution in [0.15, 0.2) is 48.8 Å². The molecule has 0 saturated carbocycles. The SMILES string of the molecule is COc1ccc(CN(C)CC2CCn3ccnc3C2)c2ccccc12. The lowest BCUT2D eigenvalue weighted by atomic mass is 9.96. The molecule has 1 aliphatic heterocycles. The number of imidazole rings is 1. The summed E-state index contributed by atoms with van der Waals surface area (Å²) in [6.07, 6.45) is 6.33. The zero-order valence-electron chi connectivity index (χ0n) is 15.0. The molecule has 2 aromatic carbocycles. The Hall–Kier alpha value is -2.33. The molecule has 0 fully saturated rings. The average molecular weight is 335 g/mol. The summed E-state index contributed by atoms with van der Waals surface area (Å²) in [4.78, 5) is 6.93. The second-order valence-electron chi connectivity index (χ2n) is 7.06. The third-order valence-electron chi connectivity index (χ3n) is 5.26. The maximum Gasteiger partial charge on any atom is 0.126 e. The van der Waals surface area contributed by atoms with Gasteiger partial charge in [0.2, 0.25) is 0 Å². The summed E-state index contributed by atoms with van der Waals surface area (Å²) in [5.74, 6) is 2.87. The van der Waals surface area contributed by atoms with Crippen LogP contribution in [0.25, 0.3) is 10.8 Å². The molecular weight excluding hydrogens is 310 g/mol. The highest BCUT2D eigenvalue weighted by molar-refractivity contribution is 5.91. The van der Waals surface area contributed by atoms with E-state index in [2.05, 4.69) is 64.1 Å². The summed E-state index contributed by atoms with van der Waals surface area (Å²) in [5.41, 5.74) is 1.36. The van der Waals surface area contributed by atoms with Gasteiger partial charge in [-0.05, 0) is 36.4 Å². The lowest BCUT2D eigenvalue weighted by molar-refractivity contribution is 0.238. The van der Waals surface area contributed by atoms with Crippen molar-refractivity contribution >= 4 is 10.8 Å². The normalized spacial score (nSPS) is 17.0. The van der Waals surface area contributed by atoms with Gasteiger partial charge in [0.25, 0.3) is 0 Å². The van der Waals surface area contributed by atoms with Crippen LogP contribution in [0, 0.1) is 5.92 Å². The molecule has 0 bridgehead atoms. The van der Waals surface area contributed by atoms with Gasteiger partial charge < -0.3 is 14.2 Å². The largest absolute Gasteiger partial charge is 0.496 e. The number of rotatable bonds is 5. The summed E-state index contributed by atoms with van der Waals surface area (Å²) < 4.78 is 7.80. The monoisotopic (exact) mass is 335 g/mol. The second-order valence-corrected chi connectivity index (χ2v) is 7.06. The van der Waals surface area contributed by atoms with Gasteiger partial charge in [0, 0.05) is 43.8 Å². The molecule has 1 aromatic heterocycles. The Morgan fingerprint density at radius 1 is 1.20 bits per heavy atom. The van der Waals surface area contributed by atoms with E-state index in [1.807, 2.05) is 6.20 Å². The predicted molar refractivity (Wildman–Crippen MR) is 101 cm³/mol.